The van der Waals surface area contributed by atoms with Gasteiger partial charge in [-0.2, -0.15) is 0 Å². The van der Waals surface area contributed by atoms with Gasteiger partial charge < -0.3 is 0 Å². The molecule has 6 heteroatoms. The number of fused-ring (bicyclic) bond motifs is 6. The fourth-order valence-electron chi connectivity index (χ4n) is 8.61. The summed E-state index contributed by atoms with van der Waals surface area (Å²) in [6.07, 6.45) is 1.24. The van der Waals surface area contributed by atoms with Crippen LogP contribution < -0.4 is 7.74 Å². The van der Waals surface area contributed by atoms with E-state index in [1.165, 1.54) is 11.1 Å². The molecule has 4 nitrogen and oxygen atoms in total. The molecule has 0 heterocycles. The number of rotatable bonds is 6. The third-order valence-electron chi connectivity index (χ3n) is 10.9. The van der Waals surface area contributed by atoms with E-state index < -0.39 is 24.2 Å². The molecule has 48 heavy (non-hydrogen) atoms. The van der Waals surface area contributed by atoms with Crippen LogP contribution in [-0.4, -0.2) is 19.6 Å². The molecule has 0 N–H and O–H groups in total. The Labute approximate surface area is 278 Å². The van der Waals surface area contributed by atoms with Crippen molar-refractivity contribution in [3.63, 3.8) is 0 Å². The Morgan fingerprint density at radius 1 is 0.479 bits per heavy atom. The van der Waals surface area contributed by atoms with E-state index in [2.05, 4.69) is 48.5 Å². The molecule has 0 fully saturated rings. The van der Waals surface area contributed by atoms with Crippen LogP contribution >= 0.6 is 0 Å². The van der Waals surface area contributed by atoms with Crippen LogP contribution in [0.4, 0.5) is 0 Å². The SMILES string of the molecule is [CH3][Ti]([CH3])(=[SiH2])([O]C(=O)c1ccccc1)([O]C(=O)c1ccccc1)([c]1cccc2c1Cc1ccccc1-2)[c]1cccc2c1Cc1ccccc1-2. The fraction of sp³-hybridized carbons (Fsp3) is 0.0952. The monoisotopic (exact) mass is 680 g/mol. The van der Waals surface area contributed by atoms with Crippen LogP contribution in [0.15, 0.2) is 146 Å². The molecular formula is C42H36O4SiTi. The molecule has 2 aliphatic carbocycles. The van der Waals surface area contributed by atoms with Gasteiger partial charge >= 0.3 is 280 Å². The van der Waals surface area contributed by atoms with E-state index in [1.54, 1.807) is 31.9 Å². The second-order valence-corrected chi connectivity index (χ2v) is 41.9. The molecule has 0 aromatic heterocycles. The maximum atomic E-state index is 14.8. The normalized spacial score (nSPS) is 14.9. The Morgan fingerprint density at radius 3 is 1.25 bits per heavy atom. The van der Waals surface area contributed by atoms with Crippen molar-refractivity contribution in [1.82, 2.24) is 0 Å². The van der Waals surface area contributed by atoms with E-state index in [4.69, 9.17) is 6.64 Å². The molecular weight excluding hydrogens is 644 g/mol. The zero-order valence-corrected chi connectivity index (χ0v) is 30.1. The first kappa shape index (κ1) is 30.5. The average molecular weight is 681 g/mol. The third kappa shape index (κ3) is 4.25. The molecule has 2 aliphatic rings. The van der Waals surface area contributed by atoms with Gasteiger partial charge in [-0.05, 0) is 0 Å². The van der Waals surface area contributed by atoms with Crippen LogP contribution in [-0.2, 0) is 31.7 Å². The predicted octanol–water partition coefficient (Wildman–Crippen LogP) is 7.73. The molecule has 0 atom stereocenters. The van der Waals surface area contributed by atoms with Crippen molar-refractivity contribution in [2.45, 2.75) is 23.3 Å². The van der Waals surface area contributed by atoms with Crippen molar-refractivity contribution in [2.24, 2.45) is 0 Å². The van der Waals surface area contributed by atoms with Crippen molar-refractivity contribution in [1.29, 1.82) is 0 Å². The Bertz CT molecular complexity index is 2300. The summed E-state index contributed by atoms with van der Waals surface area (Å²) in [6.45, 7) is 0. The van der Waals surface area contributed by atoms with Gasteiger partial charge in [0.05, 0.1) is 0 Å². The molecule has 0 saturated carbocycles. The summed E-state index contributed by atoms with van der Waals surface area (Å²) in [7, 11) is 1.62. The molecule has 6 aromatic rings. The summed E-state index contributed by atoms with van der Waals surface area (Å²) >= 11 is -7.04. The molecule has 236 valence electrons. The van der Waals surface area contributed by atoms with Gasteiger partial charge in [0, 0.05) is 0 Å². The van der Waals surface area contributed by atoms with Crippen LogP contribution in [0, 0.1) is 0 Å². The van der Waals surface area contributed by atoms with Crippen molar-refractivity contribution in [3.05, 3.63) is 179 Å². The number of benzene rings is 6. The second kappa shape index (κ2) is 9.64. The van der Waals surface area contributed by atoms with Crippen LogP contribution in [0.2, 0.25) is 10.5 Å². The van der Waals surface area contributed by atoms with Gasteiger partial charge in [0.25, 0.3) is 0 Å². The Morgan fingerprint density at radius 2 is 0.833 bits per heavy atom. The molecule has 6 aromatic carbocycles. The Hall–Kier alpha value is -4.81. The maximum absolute atomic E-state index is 14.8. The Kier molecular flexibility index (Phi) is 6.13. The van der Waals surface area contributed by atoms with Crippen LogP contribution in [0.25, 0.3) is 22.3 Å². The van der Waals surface area contributed by atoms with E-state index in [-0.39, 0.29) is 0 Å². The Balaban J connectivity index is 1.53. The molecule has 0 radical (unpaired) electrons. The topological polar surface area (TPSA) is 52.6 Å². The quantitative estimate of drug-likeness (QED) is 0.169. The summed E-state index contributed by atoms with van der Waals surface area (Å²) in [4.78, 5) is 29.6. The summed E-state index contributed by atoms with van der Waals surface area (Å²) in [6, 6.07) is 47.2. The van der Waals surface area contributed by atoms with E-state index in [0.29, 0.717) is 24.0 Å². The molecule has 0 bridgehead atoms. The van der Waals surface area contributed by atoms with Gasteiger partial charge in [-0.25, -0.2) is 0 Å². The third-order valence-corrected chi connectivity index (χ3v) is 26.7. The number of hydrogen-bond acceptors (Lipinski definition) is 4. The molecule has 8 rings (SSSR count). The van der Waals surface area contributed by atoms with Gasteiger partial charge in [0.1, 0.15) is 0 Å². The van der Waals surface area contributed by atoms with Crippen molar-refractivity contribution < 1.29 is 28.5 Å². The van der Waals surface area contributed by atoms with Crippen LogP contribution in [0.1, 0.15) is 43.0 Å². The van der Waals surface area contributed by atoms with Gasteiger partial charge in [0.2, 0.25) is 0 Å². The zero-order chi connectivity index (χ0) is 33.3. The van der Waals surface area contributed by atoms with E-state index in [1.807, 2.05) is 83.3 Å². The van der Waals surface area contributed by atoms with Gasteiger partial charge in [0.15, 0.2) is 0 Å². The van der Waals surface area contributed by atoms with Crippen molar-refractivity contribution in [3.8, 4) is 22.3 Å². The van der Waals surface area contributed by atoms with Gasteiger partial charge in [-0.1, -0.05) is 0 Å². The average Bonchev–Trinajstić information content (AvgIpc) is 3.67. The minimum absolute atomic E-state index is 0.390. The van der Waals surface area contributed by atoms with Crippen molar-refractivity contribution in [2.75, 3.05) is 0 Å². The summed E-state index contributed by atoms with van der Waals surface area (Å²) in [5.41, 5.74) is 9.58. The number of carbonyl (C=O) groups is 2. The van der Waals surface area contributed by atoms with Crippen LogP contribution in [0.5, 0.6) is 0 Å². The molecule has 0 saturated heterocycles. The first-order chi connectivity index (χ1) is 22.9. The van der Waals surface area contributed by atoms with Gasteiger partial charge in [-0.3, -0.25) is 0 Å². The molecule has 0 spiro atoms. The molecule has 0 amide bonds. The number of hydrogen-bond donors (Lipinski definition) is 0. The van der Waals surface area contributed by atoms with Crippen LogP contribution in [0.3, 0.4) is 0 Å². The standard InChI is InChI=1S/2C13H9.2C7H6O2.2CH3.H2Si.Ti/c2*1-3-7-12-10(5-1)9-11-6-2-4-8-13(11)12;2*8-7(9)6-4-2-1-3-5-6;;;;/h2*1-5,7-8H,9H2;2*1-5H,(H,8,9);2*1H3;1H2;/q;;;;;;;+2/p-2. The van der Waals surface area contributed by atoms with Crippen molar-refractivity contribution >= 4 is 27.3 Å². The zero-order valence-electron chi connectivity index (χ0n) is 27.1. The fourth-order valence-corrected chi connectivity index (χ4v) is 23.3. The second-order valence-electron chi connectivity index (χ2n) is 15.1. The predicted molar refractivity (Wildman–Crippen MR) is 193 cm³/mol. The minimum atomic E-state index is -7.04. The first-order valence-electron chi connectivity index (χ1n) is 16.5. The van der Waals surface area contributed by atoms with Gasteiger partial charge in [-0.15, -0.1) is 0 Å². The first-order valence-corrected chi connectivity index (χ1v) is 26.4. The van der Waals surface area contributed by atoms with E-state index in [9.17, 15) is 9.59 Å². The van der Waals surface area contributed by atoms with E-state index >= 15 is 0 Å². The molecule has 0 aliphatic heterocycles. The summed E-state index contributed by atoms with van der Waals surface area (Å²) in [5.74, 6) is -1.07. The number of carbonyl (C=O) groups excluding carboxylic acids is 2. The summed E-state index contributed by atoms with van der Waals surface area (Å²) in [5, 5.41) is 3.99. The molecule has 0 unspecified atom stereocenters. The summed E-state index contributed by atoms with van der Waals surface area (Å²) < 4.78 is 16.4. The van der Waals surface area contributed by atoms with E-state index in [0.717, 1.165) is 41.1 Å².